The SMILES string of the molecule is O=C(NC1CCCCC1)[C@H](Cc1ccccc1)N(Cc1cccc(Br)c1)C(=O)CN(c1ccc([N+](=O)[O-])cc1)S(=O)(=O)c1ccccc1. The summed E-state index contributed by atoms with van der Waals surface area (Å²) in [7, 11) is -4.31. The number of nitrogens with one attached hydrogen (secondary N) is 1. The van der Waals surface area contributed by atoms with Gasteiger partial charge in [-0.2, -0.15) is 0 Å². The van der Waals surface area contributed by atoms with E-state index in [0.29, 0.717) is 0 Å². The van der Waals surface area contributed by atoms with Crippen molar-refractivity contribution in [3.63, 3.8) is 0 Å². The number of carbonyl (C=O) groups excluding carboxylic acids is 2. The Labute approximate surface area is 289 Å². The number of amides is 2. The lowest BCUT2D eigenvalue weighted by atomic mass is 9.94. The highest BCUT2D eigenvalue weighted by molar-refractivity contribution is 9.10. The maximum Gasteiger partial charge on any atom is 0.269 e. The van der Waals surface area contributed by atoms with Gasteiger partial charge in [-0.3, -0.25) is 24.0 Å². The average molecular weight is 734 g/mol. The zero-order valence-corrected chi connectivity index (χ0v) is 28.7. The second-order valence-electron chi connectivity index (χ2n) is 11.8. The van der Waals surface area contributed by atoms with Gasteiger partial charge in [0, 0.05) is 35.6 Å². The number of nitrogens with zero attached hydrogens (tertiary/aromatic N) is 3. The minimum atomic E-state index is -4.31. The highest BCUT2D eigenvalue weighted by atomic mass is 79.9. The molecule has 4 aromatic carbocycles. The molecule has 1 aliphatic rings. The van der Waals surface area contributed by atoms with Crippen LogP contribution in [0.15, 0.2) is 119 Å². The molecule has 1 atom stereocenters. The minimum Gasteiger partial charge on any atom is -0.352 e. The number of nitro groups is 1. The molecule has 48 heavy (non-hydrogen) atoms. The molecule has 2 amide bonds. The molecule has 0 radical (unpaired) electrons. The molecule has 0 heterocycles. The van der Waals surface area contributed by atoms with Crippen molar-refractivity contribution in [2.24, 2.45) is 0 Å². The molecule has 0 aliphatic heterocycles. The molecule has 4 aromatic rings. The number of benzene rings is 4. The summed E-state index contributed by atoms with van der Waals surface area (Å²) in [5, 5.41) is 14.6. The van der Waals surface area contributed by atoms with Crippen molar-refractivity contribution in [2.45, 2.75) is 62.0 Å². The highest BCUT2D eigenvalue weighted by Gasteiger charge is 2.35. The first-order valence-corrected chi connectivity index (χ1v) is 18.1. The summed E-state index contributed by atoms with van der Waals surface area (Å²) in [6, 6.07) is 28.5. The molecule has 12 heteroatoms. The van der Waals surface area contributed by atoms with E-state index >= 15 is 0 Å². The lowest BCUT2D eigenvalue weighted by molar-refractivity contribution is -0.384. The molecule has 0 aromatic heterocycles. The second kappa shape index (κ2) is 16.0. The topological polar surface area (TPSA) is 130 Å². The largest absolute Gasteiger partial charge is 0.352 e. The standard InChI is InChI=1S/C36H37BrN4O6S/c37-29-14-10-13-28(23-29)25-39(34(24-27-11-4-1-5-12-27)36(43)38-30-15-6-2-7-16-30)35(42)26-40(31-19-21-32(22-20-31)41(44)45)48(46,47)33-17-8-3-9-18-33/h1,3-5,8-14,17-23,30,34H,2,6-7,15-16,24-26H2,(H,38,43)/t34-/m0/s1. The molecule has 0 saturated heterocycles. The number of nitro benzene ring substituents is 1. The van der Waals surface area contributed by atoms with Gasteiger partial charge >= 0.3 is 0 Å². The van der Waals surface area contributed by atoms with Gasteiger partial charge in [0.25, 0.3) is 15.7 Å². The Bertz CT molecular complexity index is 1820. The molecule has 1 fully saturated rings. The maximum absolute atomic E-state index is 14.6. The van der Waals surface area contributed by atoms with E-state index in [-0.39, 0.29) is 41.2 Å². The van der Waals surface area contributed by atoms with Crippen molar-refractivity contribution < 1.29 is 22.9 Å². The van der Waals surface area contributed by atoms with Gasteiger partial charge in [-0.1, -0.05) is 95.9 Å². The third-order valence-corrected chi connectivity index (χ3v) is 10.7. The van der Waals surface area contributed by atoms with E-state index in [2.05, 4.69) is 21.2 Å². The van der Waals surface area contributed by atoms with E-state index in [1.165, 1.54) is 41.3 Å². The summed E-state index contributed by atoms with van der Waals surface area (Å²) in [6.07, 6.45) is 5.05. The van der Waals surface area contributed by atoms with Gasteiger partial charge in [-0.05, 0) is 60.4 Å². The quantitative estimate of drug-likeness (QED) is 0.121. The summed E-state index contributed by atoms with van der Waals surface area (Å²) < 4.78 is 29.9. The zero-order valence-electron chi connectivity index (χ0n) is 26.3. The number of hydrogen-bond donors (Lipinski definition) is 1. The van der Waals surface area contributed by atoms with Crippen LogP contribution in [0.5, 0.6) is 0 Å². The van der Waals surface area contributed by atoms with Crippen molar-refractivity contribution in [3.05, 3.63) is 135 Å². The average Bonchev–Trinajstić information content (AvgIpc) is 3.10. The normalized spacial score (nSPS) is 14.1. The number of sulfonamides is 1. The van der Waals surface area contributed by atoms with Gasteiger partial charge in [0.1, 0.15) is 12.6 Å². The van der Waals surface area contributed by atoms with Crippen LogP contribution in [-0.2, 0) is 32.6 Å². The predicted octanol–water partition coefficient (Wildman–Crippen LogP) is 6.64. The summed E-state index contributed by atoms with van der Waals surface area (Å²) in [4.78, 5) is 41.0. The molecular weight excluding hydrogens is 696 g/mol. The van der Waals surface area contributed by atoms with Gasteiger partial charge in [0.2, 0.25) is 11.8 Å². The van der Waals surface area contributed by atoms with Crippen LogP contribution in [0.2, 0.25) is 0 Å². The van der Waals surface area contributed by atoms with Crippen molar-refractivity contribution in [1.29, 1.82) is 0 Å². The van der Waals surface area contributed by atoms with Crippen molar-refractivity contribution in [2.75, 3.05) is 10.8 Å². The van der Waals surface area contributed by atoms with Crippen molar-refractivity contribution >= 4 is 49.1 Å². The maximum atomic E-state index is 14.6. The molecule has 1 aliphatic carbocycles. The van der Waals surface area contributed by atoms with E-state index in [4.69, 9.17) is 0 Å². The number of non-ortho nitro benzene ring substituents is 1. The van der Waals surface area contributed by atoms with E-state index in [1.54, 1.807) is 18.2 Å². The Hall–Kier alpha value is -4.55. The number of rotatable bonds is 13. The smallest absolute Gasteiger partial charge is 0.269 e. The van der Waals surface area contributed by atoms with Crippen LogP contribution < -0.4 is 9.62 Å². The van der Waals surface area contributed by atoms with Crippen LogP contribution in [0.1, 0.15) is 43.2 Å². The van der Waals surface area contributed by atoms with E-state index < -0.39 is 33.4 Å². The van der Waals surface area contributed by atoms with Gasteiger partial charge in [-0.25, -0.2) is 8.42 Å². The van der Waals surface area contributed by atoms with Crippen LogP contribution in [0.4, 0.5) is 11.4 Å². The van der Waals surface area contributed by atoms with Crippen LogP contribution in [-0.4, -0.2) is 48.7 Å². The van der Waals surface area contributed by atoms with Crippen LogP contribution in [0.25, 0.3) is 0 Å². The first kappa shape index (κ1) is 34.8. The number of hydrogen-bond acceptors (Lipinski definition) is 6. The number of anilines is 1. The zero-order chi connectivity index (χ0) is 34.1. The molecule has 0 bridgehead atoms. The fourth-order valence-electron chi connectivity index (χ4n) is 5.92. The lowest BCUT2D eigenvalue weighted by Crippen LogP contribution is -2.55. The van der Waals surface area contributed by atoms with E-state index in [0.717, 1.165) is 52.0 Å². The number of carbonyl (C=O) groups is 2. The van der Waals surface area contributed by atoms with Crippen molar-refractivity contribution in [1.82, 2.24) is 10.2 Å². The first-order chi connectivity index (χ1) is 23.1. The second-order valence-corrected chi connectivity index (χ2v) is 14.6. The molecule has 250 valence electrons. The molecule has 1 N–H and O–H groups in total. The Kier molecular flexibility index (Phi) is 11.6. The van der Waals surface area contributed by atoms with Gasteiger partial charge < -0.3 is 10.2 Å². The monoisotopic (exact) mass is 732 g/mol. The molecule has 10 nitrogen and oxygen atoms in total. The molecule has 0 spiro atoms. The van der Waals surface area contributed by atoms with E-state index in [9.17, 15) is 28.1 Å². The fraction of sp³-hybridized carbons (Fsp3) is 0.278. The predicted molar refractivity (Wildman–Crippen MR) is 188 cm³/mol. The lowest BCUT2D eigenvalue weighted by Gasteiger charge is -2.35. The summed E-state index contributed by atoms with van der Waals surface area (Å²) >= 11 is 3.50. The molecule has 0 unspecified atom stereocenters. The van der Waals surface area contributed by atoms with Crippen molar-refractivity contribution in [3.8, 4) is 0 Å². The Morgan fingerprint density at radius 2 is 1.48 bits per heavy atom. The Balaban J connectivity index is 1.57. The van der Waals surface area contributed by atoms with Gasteiger partial charge in [0.05, 0.1) is 15.5 Å². The molecular formula is C36H37BrN4O6S. The molecule has 5 rings (SSSR count). The Morgan fingerprint density at radius 3 is 2.10 bits per heavy atom. The summed E-state index contributed by atoms with van der Waals surface area (Å²) in [5.41, 5.74) is 1.44. The highest BCUT2D eigenvalue weighted by Crippen LogP contribution is 2.27. The van der Waals surface area contributed by atoms with E-state index in [1.807, 2.05) is 54.6 Å². The van der Waals surface area contributed by atoms with Crippen LogP contribution in [0.3, 0.4) is 0 Å². The Morgan fingerprint density at radius 1 is 0.854 bits per heavy atom. The molecule has 1 saturated carbocycles. The fourth-order valence-corrected chi connectivity index (χ4v) is 7.80. The third kappa shape index (κ3) is 8.87. The van der Waals surface area contributed by atoms with Gasteiger partial charge in [-0.15, -0.1) is 0 Å². The first-order valence-electron chi connectivity index (χ1n) is 15.8. The summed E-state index contributed by atoms with van der Waals surface area (Å²) in [5.74, 6) is -0.908. The van der Waals surface area contributed by atoms with Gasteiger partial charge in [0.15, 0.2) is 0 Å². The summed E-state index contributed by atoms with van der Waals surface area (Å²) in [6.45, 7) is -0.613. The van der Waals surface area contributed by atoms with Crippen LogP contribution in [0, 0.1) is 10.1 Å². The third-order valence-electron chi connectivity index (χ3n) is 8.42. The minimum absolute atomic E-state index is 0.0117. The number of halogens is 1. The van der Waals surface area contributed by atoms with Crippen LogP contribution >= 0.6 is 15.9 Å².